The molecule has 0 unspecified atom stereocenters. The Kier molecular flexibility index (Phi) is 5.84. The molecule has 0 saturated heterocycles. The molecule has 0 bridgehead atoms. The van der Waals surface area contributed by atoms with Gasteiger partial charge in [-0.05, 0) is 37.1 Å². The van der Waals surface area contributed by atoms with Gasteiger partial charge in [0.05, 0.1) is 10.5 Å². The molecule has 2 rings (SSSR count). The van der Waals surface area contributed by atoms with Gasteiger partial charge in [-0.1, -0.05) is 25.1 Å². The third-order valence-electron chi connectivity index (χ3n) is 3.58. The van der Waals surface area contributed by atoms with E-state index in [1.807, 2.05) is 19.1 Å². The lowest BCUT2D eigenvalue weighted by Crippen LogP contribution is -2.30. The molecule has 0 heterocycles. The van der Waals surface area contributed by atoms with Crippen LogP contribution in [0.5, 0.6) is 0 Å². The van der Waals surface area contributed by atoms with Gasteiger partial charge >= 0.3 is 5.97 Å². The van der Waals surface area contributed by atoms with Gasteiger partial charge in [0.2, 0.25) is 0 Å². The van der Waals surface area contributed by atoms with E-state index in [0.717, 1.165) is 18.1 Å². The number of hydrogen-bond acceptors (Lipinski definition) is 5. The zero-order valence-corrected chi connectivity index (χ0v) is 13.9. The lowest BCUT2D eigenvalue weighted by molar-refractivity contribution is -0.384. The van der Waals surface area contributed by atoms with Crippen molar-refractivity contribution < 1.29 is 19.2 Å². The first-order valence-corrected chi connectivity index (χ1v) is 7.76. The highest BCUT2D eigenvalue weighted by Crippen LogP contribution is 2.15. The predicted octanol–water partition coefficient (Wildman–Crippen LogP) is 3.34. The molecule has 25 heavy (non-hydrogen) atoms. The van der Waals surface area contributed by atoms with Crippen molar-refractivity contribution in [2.45, 2.75) is 26.4 Å². The fourth-order valence-corrected chi connectivity index (χ4v) is 2.10. The lowest BCUT2D eigenvalue weighted by Gasteiger charge is -2.13. The molecule has 0 spiro atoms. The maximum atomic E-state index is 12.1. The molecule has 2 aromatic carbocycles. The fourth-order valence-electron chi connectivity index (χ4n) is 2.10. The third kappa shape index (κ3) is 4.87. The van der Waals surface area contributed by atoms with E-state index in [1.165, 1.54) is 25.1 Å². The monoisotopic (exact) mass is 342 g/mol. The summed E-state index contributed by atoms with van der Waals surface area (Å²) in [7, 11) is 0. The Labute approximate surface area is 144 Å². The predicted molar refractivity (Wildman–Crippen MR) is 92.4 cm³/mol. The number of carbonyl (C=O) groups is 2. The van der Waals surface area contributed by atoms with Crippen molar-refractivity contribution in [2.24, 2.45) is 0 Å². The van der Waals surface area contributed by atoms with Crippen LogP contribution in [0.3, 0.4) is 0 Å². The normalized spacial score (nSPS) is 11.4. The number of nitro groups is 1. The minimum atomic E-state index is -1.04. The number of non-ortho nitro benzene ring substituents is 1. The summed E-state index contributed by atoms with van der Waals surface area (Å²) >= 11 is 0. The van der Waals surface area contributed by atoms with E-state index >= 15 is 0 Å². The number of nitro benzene ring substituents is 1. The average molecular weight is 342 g/mol. The van der Waals surface area contributed by atoms with Crippen LogP contribution in [0.2, 0.25) is 0 Å². The van der Waals surface area contributed by atoms with E-state index in [2.05, 4.69) is 5.32 Å². The van der Waals surface area contributed by atoms with E-state index in [1.54, 1.807) is 12.1 Å². The summed E-state index contributed by atoms with van der Waals surface area (Å²) in [4.78, 5) is 34.3. The molecule has 130 valence electrons. The highest BCUT2D eigenvalue weighted by atomic mass is 16.6. The molecule has 0 aromatic heterocycles. The molecular formula is C18H18N2O5. The van der Waals surface area contributed by atoms with Crippen LogP contribution in [0.15, 0.2) is 48.5 Å². The summed E-state index contributed by atoms with van der Waals surface area (Å²) in [6.45, 7) is 3.47. The van der Waals surface area contributed by atoms with Crippen molar-refractivity contribution in [3.8, 4) is 0 Å². The molecule has 0 aliphatic heterocycles. The maximum absolute atomic E-state index is 12.1. The highest BCUT2D eigenvalue weighted by Gasteiger charge is 2.20. The summed E-state index contributed by atoms with van der Waals surface area (Å²) in [6, 6.07) is 12.5. The third-order valence-corrected chi connectivity index (χ3v) is 3.58. The van der Waals surface area contributed by atoms with Crippen molar-refractivity contribution in [1.29, 1.82) is 0 Å². The number of nitrogens with one attached hydrogen (secondary N) is 1. The van der Waals surface area contributed by atoms with Crippen LogP contribution >= 0.6 is 0 Å². The summed E-state index contributed by atoms with van der Waals surface area (Å²) in [6.07, 6.45) is -0.150. The van der Waals surface area contributed by atoms with Crippen molar-refractivity contribution >= 4 is 23.3 Å². The minimum Gasteiger partial charge on any atom is -0.449 e. The molecule has 7 heteroatoms. The molecule has 1 N–H and O–H groups in total. The molecule has 0 aliphatic rings. The van der Waals surface area contributed by atoms with Crippen LogP contribution in [-0.4, -0.2) is 22.9 Å². The number of aryl methyl sites for hydroxylation is 1. The number of esters is 1. The Hall–Kier alpha value is -3.22. The van der Waals surface area contributed by atoms with E-state index in [4.69, 9.17) is 4.74 Å². The van der Waals surface area contributed by atoms with E-state index < -0.39 is 22.9 Å². The van der Waals surface area contributed by atoms with Crippen molar-refractivity contribution in [1.82, 2.24) is 0 Å². The van der Waals surface area contributed by atoms with Crippen LogP contribution in [0.1, 0.15) is 29.8 Å². The molecule has 0 saturated carbocycles. The van der Waals surface area contributed by atoms with Gasteiger partial charge in [-0.3, -0.25) is 14.9 Å². The lowest BCUT2D eigenvalue weighted by atomic mass is 10.1. The maximum Gasteiger partial charge on any atom is 0.339 e. The van der Waals surface area contributed by atoms with Crippen LogP contribution in [0.25, 0.3) is 0 Å². The van der Waals surface area contributed by atoms with Crippen molar-refractivity contribution in [3.63, 3.8) is 0 Å². The first-order chi connectivity index (χ1) is 11.9. The van der Waals surface area contributed by atoms with E-state index in [9.17, 15) is 19.7 Å². The quantitative estimate of drug-likeness (QED) is 0.493. The largest absolute Gasteiger partial charge is 0.449 e. The molecule has 0 radical (unpaired) electrons. The Morgan fingerprint density at radius 3 is 2.48 bits per heavy atom. The topological polar surface area (TPSA) is 98.5 Å². The number of benzene rings is 2. The van der Waals surface area contributed by atoms with Crippen LogP contribution in [0, 0.1) is 10.1 Å². The summed E-state index contributed by atoms with van der Waals surface area (Å²) in [5.74, 6) is -1.28. The number of carbonyl (C=O) groups excluding carboxylic acids is 2. The molecule has 1 atom stereocenters. The SMILES string of the molecule is CCc1ccc(NC(=O)[C@@H](C)OC(=O)c2cccc([N+](=O)[O-])c2)cc1. The number of anilines is 1. The number of ether oxygens (including phenoxy) is 1. The standard InChI is InChI=1S/C18H18N2O5/c1-3-13-7-9-15(10-8-13)19-17(21)12(2)25-18(22)14-5-4-6-16(11-14)20(23)24/h4-12H,3H2,1-2H3,(H,19,21)/t12-/m1/s1. The first-order valence-electron chi connectivity index (χ1n) is 7.76. The number of hydrogen-bond donors (Lipinski definition) is 1. The number of nitrogens with zero attached hydrogens (tertiary/aromatic N) is 1. The summed E-state index contributed by atoms with van der Waals surface area (Å²) < 4.78 is 5.08. The Morgan fingerprint density at radius 1 is 1.20 bits per heavy atom. The smallest absolute Gasteiger partial charge is 0.339 e. The van der Waals surface area contributed by atoms with Gasteiger partial charge in [0.1, 0.15) is 0 Å². The molecule has 0 fully saturated rings. The molecular weight excluding hydrogens is 324 g/mol. The highest BCUT2D eigenvalue weighted by molar-refractivity contribution is 5.97. The van der Waals surface area contributed by atoms with Gasteiger partial charge in [0.15, 0.2) is 6.10 Å². The summed E-state index contributed by atoms with van der Waals surface area (Å²) in [5.41, 5.74) is 1.53. The zero-order chi connectivity index (χ0) is 18.4. The van der Waals surface area contributed by atoms with Gasteiger partial charge in [0.25, 0.3) is 11.6 Å². The molecule has 0 aliphatic carbocycles. The molecule has 1 amide bonds. The average Bonchev–Trinajstić information content (AvgIpc) is 2.62. The second-order valence-electron chi connectivity index (χ2n) is 5.39. The van der Waals surface area contributed by atoms with Gasteiger partial charge in [-0.25, -0.2) is 4.79 Å². The Morgan fingerprint density at radius 2 is 1.88 bits per heavy atom. The van der Waals surface area contributed by atoms with Crippen molar-refractivity contribution in [2.75, 3.05) is 5.32 Å². The van der Waals surface area contributed by atoms with Crippen LogP contribution in [0.4, 0.5) is 11.4 Å². The van der Waals surface area contributed by atoms with Crippen LogP contribution < -0.4 is 5.32 Å². The van der Waals surface area contributed by atoms with Gasteiger partial charge in [-0.15, -0.1) is 0 Å². The summed E-state index contributed by atoms with van der Waals surface area (Å²) in [5, 5.41) is 13.4. The second kappa shape index (κ2) is 8.05. The first kappa shape index (κ1) is 18.1. The van der Waals surface area contributed by atoms with Gasteiger partial charge in [-0.2, -0.15) is 0 Å². The van der Waals surface area contributed by atoms with Crippen molar-refractivity contribution in [3.05, 3.63) is 69.8 Å². The number of rotatable bonds is 6. The van der Waals surface area contributed by atoms with E-state index in [-0.39, 0.29) is 11.3 Å². The molecule has 7 nitrogen and oxygen atoms in total. The van der Waals surface area contributed by atoms with Gasteiger partial charge < -0.3 is 10.1 Å². The Bertz CT molecular complexity index is 786. The van der Waals surface area contributed by atoms with Gasteiger partial charge in [0, 0.05) is 17.8 Å². The van der Waals surface area contributed by atoms with E-state index in [0.29, 0.717) is 5.69 Å². The second-order valence-corrected chi connectivity index (χ2v) is 5.39. The molecule has 2 aromatic rings. The fraction of sp³-hybridized carbons (Fsp3) is 0.222. The Balaban J connectivity index is 1.98. The minimum absolute atomic E-state index is 0.0150. The number of amides is 1. The zero-order valence-electron chi connectivity index (χ0n) is 13.9. The van der Waals surface area contributed by atoms with Crippen LogP contribution in [-0.2, 0) is 16.0 Å².